The highest BCUT2D eigenvalue weighted by Gasteiger charge is 2.19. The molecule has 1 saturated carbocycles. The Morgan fingerprint density at radius 2 is 2.16 bits per heavy atom. The van der Waals surface area contributed by atoms with Gasteiger partial charge in [-0.25, -0.2) is 0 Å². The summed E-state index contributed by atoms with van der Waals surface area (Å²) in [4.78, 5) is 4.39. The topological polar surface area (TPSA) is 24.9 Å². The highest BCUT2D eigenvalue weighted by atomic mass is 35.5. The normalized spacial score (nSPS) is 23.5. The summed E-state index contributed by atoms with van der Waals surface area (Å²) in [6.07, 6.45) is 7.07. The fraction of sp³-hybridized carbons (Fsp3) is 0.438. The standard InChI is InChI=1S/C16H19ClN2/c1-11-3-2-4-13(9-11)19-15-7-8-18-16-10-12(17)5-6-14(15)16/h5-8,10-11,13H,2-4,9H2,1H3,(H,18,19). The Balaban J connectivity index is 1.88. The van der Waals surface area contributed by atoms with Gasteiger partial charge in [0.1, 0.15) is 0 Å². The maximum Gasteiger partial charge on any atom is 0.0737 e. The SMILES string of the molecule is CC1CCCC(Nc2ccnc3cc(Cl)ccc23)C1. The summed E-state index contributed by atoms with van der Waals surface area (Å²) < 4.78 is 0. The highest BCUT2D eigenvalue weighted by Crippen LogP contribution is 2.29. The van der Waals surface area contributed by atoms with Gasteiger partial charge in [-0.1, -0.05) is 31.4 Å². The van der Waals surface area contributed by atoms with E-state index in [0.717, 1.165) is 21.8 Å². The summed E-state index contributed by atoms with van der Waals surface area (Å²) in [7, 11) is 0. The Bertz CT molecular complexity index is 582. The van der Waals surface area contributed by atoms with E-state index in [1.54, 1.807) is 0 Å². The molecule has 2 atom stereocenters. The number of nitrogens with zero attached hydrogens (tertiary/aromatic N) is 1. The van der Waals surface area contributed by atoms with Gasteiger partial charge in [0.25, 0.3) is 0 Å². The largest absolute Gasteiger partial charge is 0.382 e. The number of aromatic nitrogens is 1. The van der Waals surface area contributed by atoms with E-state index in [1.807, 2.05) is 18.3 Å². The minimum absolute atomic E-state index is 0.588. The maximum atomic E-state index is 6.02. The molecule has 0 saturated heterocycles. The zero-order valence-corrected chi connectivity index (χ0v) is 12.0. The van der Waals surface area contributed by atoms with Crippen molar-refractivity contribution in [2.24, 2.45) is 5.92 Å². The van der Waals surface area contributed by atoms with Crippen molar-refractivity contribution in [1.82, 2.24) is 4.98 Å². The summed E-state index contributed by atoms with van der Waals surface area (Å²) in [5, 5.41) is 5.59. The second-order valence-electron chi connectivity index (χ2n) is 5.63. The van der Waals surface area contributed by atoms with Crippen molar-refractivity contribution in [3.63, 3.8) is 0 Å². The molecule has 1 aliphatic rings. The van der Waals surface area contributed by atoms with Crippen LogP contribution in [0, 0.1) is 5.92 Å². The number of hydrogen-bond donors (Lipinski definition) is 1. The molecule has 0 radical (unpaired) electrons. The number of nitrogens with one attached hydrogen (secondary N) is 1. The molecular weight excluding hydrogens is 256 g/mol. The lowest BCUT2D eigenvalue weighted by atomic mass is 9.87. The Labute approximate surface area is 119 Å². The van der Waals surface area contributed by atoms with E-state index >= 15 is 0 Å². The number of pyridine rings is 1. The molecule has 1 aromatic heterocycles. The number of benzene rings is 1. The van der Waals surface area contributed by atoms with Gasteiger partial charge in [0.2, 0.25) is 0 Å². The number of halogens is 1. The molecule has 0 spiro atoms. The third kappa shape index (κ3) is 2.84. The van der Waals surface area contributed by atoms with Gasteiger partial charge >= 0.3 is 0 Å². The van der Waals surface area contributed by atoms with Gasteiger partial charge in [0, 0.05) is 28.3 Å². The molecule has 2 nitrogen and oxygen atoms in total. The number of hydrogen-bond acceptors (Lipinski definition) is 2. The van der Waals surface area contributed by atoms with E-state index in [1.165, 1.54) is 31.4 Å². The van der Waals surface area contributed by atoms with Gasteiger partial charge in [-0.15, -0.1) is 0 Å². The molecule has 1 heterocycles. The van der Waals surface area contributed by atoms with Crippen LogP contribution in [0.3, 0.4) is 0 Å². The van der Waals surface area contributed by atoms with Gasteiger partial charge in [0.15, 0.2) is 0 Å². The molecule has 3 rings (SSSR count). The van der Waals surface area contributed by atoms with E-state index in [4.69, 9.17) is 11.6 Å². The maximum absolute atomic E-state index is 6.02. The average Bonchev–Trinajstić information content (AvgIpc) is 2.38. The Kier molecular flexibility index (Phi) is 3.61. The van der Waals surface area contributed by atoms with Crippen molar-refractivity contribution in [3.05, 3.63) is 35.5 Å². The molecule has 0 aliphatic heterocycles. The van der Waals surface area contributed by atoms with Gasteiger partial charge in [-0.2, -0.15) is 0 Å². The van der Waals surface area contributed by atoms with Crippen LogP contribution in [0.2, 0.25) is 5.02 Å². The second kappa shape index (κ2) is 5.38. The monoisotopic (exact) mass is 274 g/mol. The lowest BCUT2D eigenvalue weighted by Gasteiger charge is -2.28. The smallest absolute Gasteiger partial charge is 0.0737 e. The number of fused-ring (bicyclic) bond motifs is 1. The Morgan fingerprint density at radius 3 is 3.00 bits per heavy atom. The third-order valence-corrected chi connectivity index (χ3v) is 4.24. The molecule has 19 heavy (non-hydrogen) atoms. The van der Waals surface area contributed by atoms with Gasteiger partial charge in [-0.3, -0.25) is 4.98 Å². The summed E-state index contributed by atoms with van der Waals surface area (Å²) in [6.45, 7) is 2.35. The molecule has 2 unspecified atom stereocenters. The molecule has 1 fully saturated rings. The first-order chi connectivity index (χ1) is 9.22. The van der Waals surface area contributed by atoms with Crippen LogP contribution in [0.1, 0.15) is 32.6 Å². The first-order valence-electron chi connectivity index (χ1n) is 7.03. The molecule has 3 heteroatoms. The zero-order valence-electron chi connectivity index (χ0n) is 11.2. The van der Waals surface area contributed by atoms with Crippen LogP contribution in [0.25, 0.3) is 10.9 Å². The molecular formula is C16H19ClN2. The van der Waals surface area contributed by atoms with Crippen molar-refractivity contribution in [3.8, 4) is 0 Å². The lowest BCUT2D eigenvalue weighted by molar-refractivity contribution is 0.359. The third-order valence-electron chi connectivity index (χ3n) is 4.00. The van der Waals surface area contributed by atoms with E-state index in [2.05, 4.69) is 29.4 Å². The molecule has 2 aromatic rings. The second-order valence-corrected chi connectivity index (χ2v) is 6.07. The van der Waals surface area contributed by atoms with Crippen LogP contribution < -0.4 is 5.32 Å². The Morgan fingerprint density at radius 1 is 1.26 bits per heavy atom. The van der Waals surface area contributed by atoms with Crippen molar-refractivity contribution < 1.29 is 0 Å². The first-order valence-corrected chi connectivity index (χ1v) is 7.41. The van der Waals surface area contributed by atoms with Crippen molar-refractivity contribution in [2.45, 2.75) is 38.6 Å². The van der Waals surface area contributed by atoms with Crippen molar-refractivity contribution in [1.29, 1.82) is 0 Å². The fourth-order valence-corrected chi connectivity index (χ4v) is 3.20. The number of rotatable bonds is 2. The van der Waals surface area contributed by atoms with Crippen LogP contribution in [0.15, 0.2) is 30.5 Å². The van der Waals surface area contributed by atoms with E-state index in [9.17, 15) is 0 Å². The van der Waals surface area contributed by atoms with Gasteiger partial charge in [-0.05, 0) is 43.0 Å². The first kappa shape index (κ1) is 12.7. The Hall–Kier alpha value is -1.28. The highest BCUT2D eigenvalue weighted by molar-refractivity contribution is 6.31. The van der Waals surface area contributed by atoms with Crippen molar-refractivity contribution in [2.75, 3.05) is 5.32 Å². The zero-order chi connectivity index (χ0) is 13.2. The lowest BCUT2D eigenvalue weighted by Crippen LogP contribution is -2.26. The van der Waals surface area contributed by atoms with Gasteiger partial charge in [0.05, 0.1) is 5.52 Å². The predicted octanol–water partition coefficient (Wildman–Crippen LogP) is 4.88. The summed E-state index contributed by atoms with van der Waals surface area (Å²) in [5.41, 5.74) is 2.14. The minimum atomic E-state index is 0.588. The molecule has 100 valence electrons. The molecule has 1 N–H and O–H groups in total. The van der Waals surface area contributed by atoms with Crippen LogP contribution in [-0.2, 0) is 0 Å². The van der Waals surface area contributed by atoms with Crippen LogP contribution >= 0.6 is 11.6 Å². The fourth-order valence-electron chi connectivity index (χ4n) is 3.03. The summed E-state index contributed by atoms with van der Waals surface area (Å²) >= 11 is 6.02. The minimum Gasteiger partial charge on any atom is -0.382 e. The predicted molar refractivity (Wildman–Crippen MR) is 81.8 cm³/mol. The van der Waals surface area contributed by atoms with Crippen LogP contribution in [0.4, 0.5) is 5.69 Å². The van der Waals surface area contributed by atoms with E-state index in [0.29, 0.717) is 6.04 Å². The van der Waals surface area contributed by atoms with Crippen LogP contribution in [-0.4, -0.2) is 11.0 Å². The molecule has 0 amide bonds. The van der Waals surface area contributed by atoms with Crippen LogP contribution in [0.5, 0.6) is 0 Å². The molecule has 0 bridgehead atoms. The van der Waals surface area contributed by atoms with E-state index in [-0.39, 0.29) is 0 Å². The summed E-state index contributed by atoms with van der Waals surface area (Å²) in [5.74, 6) is 0.828. The molecule has 1 aliphatic carbocycles. The van der Waals surface area contributed by atoms with E-state index < -0.39 is 0 Å². The quantitative estimate of drug-likeness (QED) is 0.844. The average molecular weight is 275 g/mol. The van der Waals surface area contributed by atoms with Crippen molar-refractivity contribution >= 4 is 28.2 Å². The summed E-state index contributed by atoms with van der Waals surface area (Å²) in [6, 6.07) is 8.56. The molecule has 1 aromatic carbocycles. The number of anilines is 1. The van der Waals surface area contributed by atoms with Gasteiger partial charge < -0.3 is 5.32 Å².